The third-order valence-electron chi connectivity index (χ3n) is 1.80. The Bertz CT molecular complexity index is 303. The third kappa shape index (κ3) is 3.21. The van der Waals surface area contributed by atoms with Crippen LogP contribution in [-0.4, -0.2) is 13.1 Å². The van der Waals surface area contributed by atoms with Gasteiger partial charge in [0.15, 0.2) is 0 Å². The first kappa shape index (κ1) is 12.7. The molecular weight excluding hydrogens is 176 g/mol. The van der Waals surface area contributed by atoms with Crippen LogP contribution < -0.4 is 0 Å². The highest BCUT2D eigenvalue weighted by atomic mass is 16.5. The number of esters is 1. The Balaban J connectivity index is 0.000000791. The Morgan fingerprint density at radius 1 is 1.21 bits per heavy atom. The minimum Gasteiger partial charge on any atom is -0.465 e. The van der Waals surface area contributed by atoms with Gasteiger partial charge < -0.3 is 4.74 Å². The van der Waals surface area contributed by atoms with Crippen LogP contribution in [0.2, 0.25) is 0 Å². The average Bonchev–Trinajstić information content (AvgIpc) is 2.23. The summed E-state index contributed by atoms with van der Waals surface area (Å²) >= 11 is 0. The molecule has 0 atom stereocenters. The quantitative estimate of drug-likeness (QED) is 0.642. The van der Waals surface area contributed by atoms with Crippen LogP contribution in [-0.2, 0) is 4.74 Å². The van der Waals surface area contributed by atoms with Crippen molar-refractivity contribution in [1.82, 2.24) is 0 Å². The van der Waals surface area contributed by atoms with Gasteiger partial charge in [-0.1, -0.05) is 31.5 Å². The maximum atomic E-state index is 11.2. The van der Waals surface area contributed by atoms with Crippen LogP contribution >= 0.6 is 0 Å². The van der Waals surface area contributed by atoms with Crippen LogP contribution in [0.5, 0.6) is 0 Å². The summed E-state index contributed by atoms with van der Waals surface area (Å²) in [7, 11) is 1.39. The minimum atomic E-state index is -0.267. The minimum absolute atomic E-state index is 0.267. The fourth-order valence-electron chi connectivity index (χ4n) is 1.07. The summed E-state index contributed by atoms with van der Waals surface area (Å²) < 4.78 is 4.63. The molecule has 0 heterocycles. The number of methoxy groups -OCH3 is 1. The molecule has 78 valence electrons. The fraction of sp³-hybridized carbons (Fsp3) is 0.417. The fourth-order valence-corrected chi connectivity index (χ4v) is 1.07. The maximum absolute atomic E-state index is 11.2. The molecule has 1 aromatic carbocycles. The number of hydrogen-bond acceptors (Lipinski definition) is 2. The highest BCUT2D eigenvalue weighted by molar-refractivity contribution is 5.91. The molecule has 0 radical (unpaired) electrons. The van der Waals surface area contributed by atoms with E-state index >= 15 is 0 Å². The molecule has 1 aromatic rings. The molecular formula is C12H18O2. The maximum Gasteiger partial charge on any atom is 0.338 e. The van der Waals surface area contributed by atoms with Gasteiger partial charge in [-0.3, -0.25) is 0 Å². The molecule has 2 heteroatoms. The first-order valence-corrected chi connectivity index (χ1v) is 4.80. The van der Waals surface area contributed by atoms with Crippen LogP contribution in [0, 0.1) is 13.8 Å². The molecule has 0 aliphatic heterocycles. The molecule has 2 nitrogen and oxygen atoms in total. The van der Waals surface area contributed by atoms with Gasteiger partial charge in [0.2, 0.25) is 0 Å². The molecule has 0 fully saturated rings. The van der Waals surface area contributed by atoms with E-state index in [0.717, 1.165) is 11.1 Å². The number of carbonyl (C=O) groups excluding carboxylic acids is 1. The number of ether oxygens (including phenoxy) is 1. The van der Waals surface area contributed by atoms with Crippen molar-refractivity contribution in [2.75, 3.05) is 7.11 Å². The lowest BCUT2D eigenvalue weighted by Gasteiger charge is -2.03. The summed E-state index contributed by atoms with van der Waals surface area (Å²) in [6, 6.07) is 5.73. The number of hydrogen-bond donors (Lipinski definition) is 0. The van der Waals surface area contributed by atoms with Crippen molar-refractivity contribution in [3.05, 3.63) is 34.9 Å². The number of benzene rings is 1. The van der Waals surface area contributed by atoms with Gasteiger partial charge in [-0.2, -0.15) is 0 Å². The van der Waals surface area contributed by atoms with Gasteiger partial charge in [0.25, 0.3) is 0 Å². The zero-order valence-electron chi connectivity index (χ0n) is 9.55. The molecule has 0 aliphatic rings. The van der Waals surface area contributed by atoms with E-state index in [2.05, 4.69) is 4.74 Å². The van der Waals surface area contributed by atoms with Crippen LogP contribution in [0.25, 0.3) is 0 Å². The van der Waals surface area contributed by atoms with Gasteiger partial charge >= 0.3 is 5.97 Å². The number of carbonyl (C=O) groups is 1. The molecule has 1 rings (SSSR count). The van der Waals surface area contributed by atoms with E-state index in [4.69, 9.17) is 0 Å². The van der Waals surface area contributed by atoms with Crippen molar-refractivity contribution in [3.8, 4) is 0 Å². The molecule has 0 bridgehead atoms. The van der Waals surface area contributed by atoms with E-state index in [0.29, 0.717) is 5.56 Å². The van der Waals surface area contributed by atoms with Crippen LogP contribution in [0.3, 0.4) is 0 Å². The Morgan fingerprint density at radius 3 is 2.29 bits per heavy atom. The summed E-state index contributed by atoms with van der Waals surface area (Å²) in [5, 5.41) is 0. The van der Waals surface area contributed by atoms with Gasteiger partial charge in [0.1, 0.15) is 0 Å². The Labute approximate surface area is 85.9 Å². The monoisotopic (exact) mass is 194 g/mol. The molecule has 0 saturated heterocycles. The molecule has 0 spiro atoms. The van der Waals surface area contributed by atoms with Crippen molar-refractivity contribution < 1.29 is 9.53 Å². The van der Waals surface area contributed by atoms with E-state index in [1.165, 1.54) is 7.11 Å². The predicted molar refractivity (Wildman–Crippen MR) is 58.6 cm³/mol. The van der Waals surface area contributed by atoms with Crippen molar-refractivity contribution in [1.29, 1.82) is 0 Å². The molecule has 0 amide bonds. The summed E-state index contributed by atoms with van der Waals surface area (Å²) in [6.45, 7) is 7.84. The van der Waals surface area contributed by atoms with E-state index in [9.17, 15) is 4.79 Å². The van der Waals surface area contributed by atoms with E-state index in [-0.39, 0.29) is 5.97 Å². The summed E-state index contributed by atoms with van der Waals surface area (Å²) in [4.78, 5) is 11.2. The number of aryl methyl sites for hydroxylation is 2. The third-order valence-corrected chi connectivity index (χ3v) is 1.80. The number of rotatable bonds is 1. The predicted octanol–water partition coefficient (Wildman–Crippen LogP) is 3.12. The largest absolute Gasteiger partial charge is 0.465 e. The molecule has 0 saturated carbocycles. The summed E-state index contributed by atoms with van der Waals surface area (Å²) in [5.74, 6) is -0.267. The SMILES string of the molecule is CC.COC(=O)c1cc(C)ccc1C. The van der Waals surface area contributed by atoms with Crippen molar-refractivity contribution >= 4 is 5.97 Å². The molecule has 0 unspecified atom stereocenters. The zero-order valence-corrected chi connectivity index (χ0v) is 9.55. The van der Waals surface area contributed by atoms with Crippen LogP contribution in [0.1, 0.15) is 35.3 Å². The first-order chi connectivity index (χ1) is 6.65. The lowest BCUT2D eigenvalue weighted by Crippen LogP contribution is -2.03. The van der Waals surface area contributed by atoms with Gasteiger partial charge in [0, 0.05) is 0 Å². The summed E-state index contributed by atoms with van der Waals surface area (Å²) in [5.41, 5.74) is 2.67. The van der Waals surface area contributed by atoms with Gasteiger partial charge in [0.05, 0.1) is 12.7 Å². The summed E-state index contributed by atoms with van der Waals surface area (Å²) in [6.07, 6.45) is 0. The van der Waals surface area contributed by atoms with E-state index in [1.54, 1.807) is 0 Å². The smallest absolute Gasteiger partial charge is 0.338 e. The van der Waals surface area contributed by atoms with E-state index < -0.39 is 0 Å². The van der Waals surface area contributed by atoms with Crippen LogP contribution in [0.15, 0.2) is 18.2 Å². The lowest BCUT2D eigenvalue weighted by atomic mass is 10.1. The molecule has 0 aliphatic carbocycles. The second-order valence-electron chi connectivity index (χ2n) is 2.81. The van der Waals surface area contributed by atoms with Crippen molar-refractivity contribution in [3.63, 3.8) is 0 Å². The second kappa shape index (κ2) is 6.19. The van der Waals surface area contributed by atoms with Gasteiger partial charge in [-0.15, -0.1) is 0 Å². The van der Waals surface area contributed by atoms with Crippen molar-refractivity contribution in [2.24, 2.45) is 0 Å². The van der Waals surface area contributed by atoms with Crippen LogP contribution in [0.4, 0.5) is 0 Å². The highest BCUT2D eigenvalue weighted by Gasteiger charge is 2.07. The Hall–Kier alpha value is -1.31. The van der Waals surface area contributed by atoms with Gasteiger partial charge in [-0.25, -0.2) is 4.79 Å². The zero-order chi connectivity index (χ0) is 11.1. The lowest BCUT2D eigenvalue weighted by molar-refractivity contribution is 0.0600. The Morgan fingerprint density at radius 2 is 1.79 bits per heavy atom. The normalized spacial score (nSPS) is 8.64. The topological polar surface area (TPSA) is 26.3 Å². The second-order valence-corrected chi connectivity index (χ2v) is 2.81. The average molecular weight is 194 g/mol. The highest BCUT2D eigenvalue weighted by Crippen LogP contribution is 2.11. The Kier molecular flexibility index (Phi) is 5.61. The standard InChI is InChI=1S/C10H12O2.C2H6/c1-7-4-5-8(2)9(6-7)10(11)12-3;1-2/h4-6H,1-3H3;1-2H3. The molecule has 14 heavy (non-hydrogen) atoms. The molecule has 0 N–H and O–H groups in total. The van der Waals surface area contributed by atoms with Crippen molar-refractivity contribution in [2.45, 2.75) is 27.7 Å². The first-order valence-electron chi connectivity index (χ1n) is 4.80. The van der Waals surface area contributed by atoms with Gasteiger partial charge in [-0.05, 0) is 25.5 Å². The molecule has 0 aromatic heterocycles. The van der Waals surface area contributed by atoms with E-state index in [1.807, 2.05) is 45.9 Å².